The van der Waals surface area contributed by atoms with Gasteiger partial charge in [-0.05, 0) is 55.3 Å². The Morgan fingerprint density at radius 2 is 1.88 bits per heavy atom. The first-order chi connectivity index (χ1) is 11.6. The summed E-state index contributed by atoms with van der Waals surface area (Å²) in [6.45, 7) is 2.55. The van der Waals surface area contributed by atoms with Crippen molar-refractivity contribution >= 4 is 11.6 Å². The van der Waals surface area contributed by atoms with Crippen LogP contribution in [0, 0.1) is 12.7 Å². The molecule has 0 fully saturated rings. The number of anilines is 1. The highest BCUT2D eigenvalue weighted by atomic mass is 19.1. The van der Waals surface area contributed by atoms with Crippen LogP contribution in [0.4, 0.5) is 10.1 Å². The number of rotatable bonds is 2. The summed E-state index contributed by atoms with van der Waals surface area (Å²) in [5, 5.41) is 4.43. The van der Waals surface area contributed by atoms with Crippen LogP contribution in [0.1, 0.15) is 21.7 Å². The third-order valence-corrected chi connectivity index (χ3v) is 4.31. The van der Waals surface area contributed by atoms with E-state index in [4.69, 9.17) is 0 Å². The summed E-state index contributed by atoms with van der Waals surface area (Å²) in [4.78, 5) is 14.6. The molecule has 2 aromatic carbocycles. The van der Waals surface area contributed by atoms with Crippen LogP contribution in [0.3, 0.4) is 0 Å². The van der Waals surface area contributed by atoms with E-state index < -0.39 is 0 Å². The number of hydrogen-bond acceptors (Lipinski definition) is 2. The van der Waals surface area contributed by atoms with Gasteiger partial charge >= 0.3 is 0 Å². The van der Waals surface area contributed by atoms with Crippen molar-refractivity contribution in [1.82, 2.24) is 9.78 Å². The smallest absolute Gasteiger partial charge is 0.278 e. The number of nitrogens with zero attached hydrogens (tertiary/aromatic N) is 3. The van der Waals surface area contributed by atoms with Crippen molar-refractivity contribution < 1.29 is 9.18 Å². The highest BCUT2D eigenvalue weighted by Crippen LogP contribution is 2.28. The van der Waals surface area contributed by atoms with Crippen LogP contribution >= 0.6 is 0 Å². The molecule has 0 saturated heterocycles. The number of amides is 1. The van der Waals surface area contributed by atoms with Crippen LogP contribution in [0.2, 0.25) is 0 Å². The van der Waals surface area contributed by atoms with Gasteiger partial charge in [-0.3, -0.25) is 4.79 Å². The molecule has 0 atom stereocenters. The topological polar surface area (TPSA) is 38.1 Å². The highest BCUT2D eigenvalue weighted by Gasteiger charge is 2.27. The second-order valence-electron chi connectivity index (χ2n) is 5.89. The zero-order valence-electron chi connectivity index (χ0n) is 13.2. The highest BCUT2D eigenvalue weighted by molar-refractivity contribution is 6.06. The minimum absolute atomic E-state index is 0.107. The first kappa shape index (κ1) is 14.6. The number of aryl methyl sites for hydroxylation is 1. The Balaban J connectivity index is 1.67. The quantitative estimate of drug-likeness (QED) is 0.724. The van der Waals surface area contributed by atoms with E-state index in [0.717, 1.165) is 23.5 Å². The van der Waals surface area contributed by atoms with Crippen molar-refractivity contribution in [2.45, 2.75) is 13.3 Å². The maximum Gasteiger partial charge on any atom is 0.278 e. The predicted octanol–water partition coefficient (Wildman–Crippen LogP) is 3.52. The summed E-state index contributed by atoms with van der Waals surface area (Å²) >= 11 is 0. The van der Waals surface area contributed by atoms with Crippen molar-refractivity contribution in [2.75, 3.05) is 11.4 Å². The van der Waals surface area contributed by atoms with Crippen molar-refractivity contribution in [2.24, 2.45) is 0 Å². The molecule has 3 aromatic rings. The molecule has 24 heavy (non-hydrogen) atoms. The number of carbonyl (C=O) groups excluding carboxylic acids is 1. The molecule has 1 aliphatic heterocycles. The molecular weight excluding hydrogens is 305 g/mol. The number of fused-ring (bicyclic) bond motifs is 1. The zero-order chi connectivity index (χ0) is 16.7. The van der Waals surface area contributed by atoms with Crippen molar-refractivity contribution in [3.8, 4) is 5.69 Å². The average molecular weight is 321 g/mol. The molecule has 0 spiro atoms. The first-order valence-electron chi connectivity index (χ1n) is 7.86. The molecule has 1 aromatic heterocycles. The Morgan fingerprint density at radius 3 is 2.67 bits per heavy atom. The second-order valence-corrected chi connectivity index (χ2v) is 5.89. The number of halogens is 1. The molecule has 1 aliphatic rings. The van der Waals surface area contributed by atoms with Gasteiger partial charge in [-0.25, -0.2) is 9.07 Å². The predicted molar refractivity (Wildman–Crippen MR) is 90.1 cm³/mol. The van der Waals surface area contributed by atoms with Gasteiger partial charge in [0, 0.05) is 17.9 Å². The fourth-order valence-electron chi connectivity index (χ4n) is 3.11. The standard InChI is InChI=1S/C19H16FN3O/c1-13-12-17(21-23(13)16-8-6-15(20)7-9-16)19(24)22-11-10-14-4-2-3-5-18(14)22/h2-9,12H,10-11H2,1H3. The largest absolute Gasteiger partial charge is 0.306 e. The van der Waals surface area contributed by atoms with Gasteiger partial charge in [0.1, 0.15) is 5.82 Å². The Bertz CT molecular complexity index is 915. The van der Waals surface area contributed by atoms with Crippen molar-refractivity contribution in [1.29, 1.82) is 0 Å². The fourth-order valence-corrected chi connectivity index (χ4v) is 3.11. The number of carbonyl (C=O) groups is 1. The van der Waals surface area contributed by atoms with E-state index in [1.807, 2.05) is 31.2 Å². The normalized spacial score (nSPS) is 13.2. The summed E-state index contributed by atoms with van der Waals surface area (Å²) in [6.07, 6.45) is 0.861. The van der Waals surface area contributed by atoms with Gasteiger partial charge in [-0.2, -0.15) is 5.10 Å². The molecule has 0 bridgehead atoms. The molecule has 0 radical (unpaired) electrons. The third-order valence-electron chi connectivity index (χ3n) is 4.31. The zero-order valence-corrected chi connectivity index (χ0v) is 13.2. The van der Waals surface area contributed by atoms with E-state index >= 15 is 0 Å². The summed E-state index contributed by atoms with van der Waals surface area (Å²) in [7, 11) is 0. The number of hydrogen-bond donors (Lipinski definition) is 0. The molecule has 120 valence electrons. The summed E-state index contributed by atoms with van der Waals surface area (Å²) in [6, 6.07) is 15.8. The van der Waals surface area contributed by atoms with Crippen LogP contribution in [-0.4, -0.2) is 22.2 Å². The molecule has 5 heteroatoms. The van der Waals surface area contributed by atoms with Crippen molar-refractivity contribution in [3.05, 3.63) is 77.4 Å². The van der Waals surface area contributed by atoms with E-state index in [1.165, 1.54) is 17.7 Å². The molecule has 0 aliphatic carbocycles. The second kappa shape index (κ2) is 5.60. The van der Waals surface area contributed by atoms with Crippen LogP contribution in [-0.2, 0) is 6.42 Å². The van der Waals surface area contributed by atoms with Crippen LogP contribution in [0.25, 0.3) is 5.69 Å². The molecule has 4 rings (SSSR count). The van der Waals surface area contributed by atoms with Gasteiger partial charge in [-0.15, -0.1) is 0 Å². The number of para-hydroxylation sites is 1. The molecule has 2 heterocycles. The lowest BCUT2D eigenvalue weighted by molar-refractivity contribution is 0.0984. The number of benzene rings is 2. The van der Waals surface area contributed by atoms with Gasteiger partial charge in [-0.1, -0.05) is 18.2 Å². The van der Waals surface area contributed by atoms with Crippen LogP contribution in [0.5, 0.6) is 0 Å². The molecule has 0 saturated carbocycles. The summed E-state index contributed by atoms with van der Waals surface area (Å²) < 4.78 is 14.8. The van der Waals surface area contributed by atoms with Gasteiger partial charge in [0.25, 0.3) is 5.91 Å². The summed E-state index contributed by atoms with van der Waals surface area (Å²) in [5.74, 6) is -0.405. The maximum atomic E-state index is 13.1. The van der Waals surface area contributed by atoms with Gasteiger partial charge in [0.05, 0.1) is 5.69 Å². The third kappa shape index (κ3) is 2.38. The van der Waals surface area contributed by atoms with Crippen LogP contribution < -0.4 is 4.90 Å². The first-order valence-corrected chi connectivity index (χ1v) is 7.86. The van der Waals surface area contributed by atoms with E-state index in [2.05, 4.69) is 5.10 Å². The molecule has 1 amide bonds. The average Bonchev–Trinajstić information content (AvgIpc) is 3.19. The number of aromatic nitrogens is 2. The van der Waals surface area contributed by atoms with E-state index in [-0.39, 0.29) is 11.7 Å². The SMILES string of the molecule is Cc1cc(C(=O)N2CCc3ccccc32)nn1-c1ccc(F)cc1. The maximum absolute atomic E-state index is 13.1. The van der Waals surface area contributed by atoms with Gasteiger partial charge < -0.3 is 4.90 Å². The lowest BCUT2D eigenvalue weighted by atomic mass is 10.2. The Kier molecular flexibility index (Phi) is 3.41. The Morgan fingerprint density at radius 1 is 1.12 bits per heavy atom. The minimum atomic E-state index is -0.298. The Hall–Kier alpha value is -2.95. The summed E-state index contributed by atoms with van der Waals surface area (Å²) in [5.41, 5.74) is 4.10. The van der Waals surface area contributed by atoms with Crippen LogP contribution in [0.15, 0.2) is 54.6 Å². The van der Waals surface area contributed by atoms with Gasteiger partial charge in [0.2, 0.25) is 0 Å². The molecule has 0 unspecified atom stereocenters. The lowest BCUT2D eigenvalue weighted by Gasteiger charge is -2.15. The molecule has 0 N–H and O–H groups in total. The molecular formula is C19H16FN3O. The van der Waals surface area contributed by atoms with E-state index in [0.29, 0.717) is 12.2 Å². The minimum Gasteiger partial charge on any atom is -0.306 e. The monoisotopic (exact) mass is 321 g/mol. The van der Waals surface area contributed by atoms with Crippen molar-refractivity contribution in [3.63, 3.8) is 0 Å². The van der Waals surface area contributed by atoms with E-state index in [1.54, 1.807) is 27.8 Å². The molecule has 4 nitrogen and oxygen atoms in total. The fraction of sp³-hybridized carbons (Fsp3) is 0.158. The lowest BCUT2D eigenvalue weighted by Crippen LogP contribution is -2.29. The van der Waals surface area contributed by atoms with Gasteiger partial charge in [0.15, 0.2) is 5.69 Å². The Labute approximate surface area is 139 Å². The van der Waals surface area contributed by atoms with E-state index in [9.17, 15) is 9.18 Å².